The van der Waals surface area contributed by atoms with Crippen LogP contribution in [0.4, 0.5) is 0 Å². The van der Waals surface area contributed by atoms with Crippen molar-refractivity contribution in [3.05, 3.63) is 0 Å². The Labute approximate surface area is 120 Å². The number of nitrogens with zero attached hydrogens (tertiary/aromatic N) is 2. The Balaban J connectivity index is 0. The molecule has 0 rings (SSSR count). The molecule has 0 atom stereocenters. The molecule has 0 unspecified atom stereocenters. The summed E-state index contributed by atoms with van der Waals surface area (Å²) in [5, 5.41) is 16.7. The van der Waals surface area contributed by atoms with Gasteiger partial charge in [-0.05, 0) is 0 Å². The van der Waals surface area contributed by atoms with E-state index < -0.39 is 7.26 Å². The van der Waals surface area contributed by atoms with Crippen molar-refractivity contribution in [3.8, 4) is 12.4 Å². The van der Waals surface area contributed by atoms with Crippen molar-refractivity contribution in [1.29, 1.82) is 10.5 Å². The number of unbranched alkanes of at least 4 members (excludes halogenated alkanes) is 3. The van der Waals surface area contributed by atoms with Gasteiger partial charge in [-0.2, -0.15) is 10.5 Å². The van der Waals surface area contributed by atoms with E-state index >= 15 is 0 Å². The summed E-state index contributed by atoms with van der Waals surface area (Å²) < 4.78 is 0. The summed E-state index contributed by atoms with van der Waals surface area (Å²) in [4.78, 5) is 0. The van der Waals surface area contributed by atoms with Gasteiger partial charge < -0.3 is 0 Å². The molecule has 0 bridgehead atoms. The van der Waals surface area contributed by atoms with E-state index in [1.807, 2.05) is 0 Å². The Morgan fingerprint density at radius 1 is 0.789 bits per heavy atom. The Morgan fingerprint density at radius 2 is 1.11 bits per heavy atom. The smallest absolute Gasteiger partial charge is 0.190 e. The van der Waals surface area contributed by atoms with Gasteiger partial charge in [-0.3, -0.25) is 0 Å². The number of hydrogen-bond donors (Lipinski definition) is 1. The summed E-state index contributed by atoms with van der Waals surface area (Å²) in [6.45, 7) is 9.63. The number of nitriles is 2. The summed E-state index contributed by atoms with van der Waals surface area (Å²) in [6, 6.07) is 0. The number of hydrogen-bond acceptors (Lipinski definition) is 3. The fourth-order valence-electron chi connectivity index (χ4n) is 2.21. The molecule has 0 saturated carbocycles. The van der Waals surface area contributed by atoms with Crippen LogP contribution in [-0.4, -0.2) is 25.2 Å². The van der Waals surface area contributed by atoms with Crippen LogP contribution in [0.3, 0.4) is 0 Å². The molecule has 3 nitrogen and oxygen atoms in total. The normalized spacial score (nSPS) is 10.6. The van der Waals surface area contributed by atoms with Crippen molar-refractivity contribution in [2.45, 2.75) is 59.3 Å². The first-order valence-corrected chi connectivity index (χ1v) is 10.8. The predicted octanol–water partition coefficient (Wildman–Crippen LogP) is 4.30. The van der Waals surface area contributed by atoms with Gasteiger partial charge in [0.1, 0.15) is 0 Å². The monoisotopic (exact) mass is 285 g/mol. The second kappa shape index (κ2) is 15.3. The summed E-state index contributed by atoms with van der Waals surface area (Å²) in [7, 11) is -0.812. The predicted molar refractivity (Wildman–Crippen MR) is 87.9 cm³/mol. The minimum Gasteiger partial charge on any atom is -0.229 e. The van der Waals surface area contributed by atoms with Crippen LogP contribution < -0.4 is 5.32 Å². The van der Waals surface area contributed by atoms with E-state index in [0.29, 0.717) is 0 Å². The van der Waals surface area contributed by atoms with E-state index in [1.165, 1.54) is 50.9 Å². The van der Waals surface area contributed by atoms with Crippen LogP contribution in [0.15, 0.2) is 0 Å². The molecule has 0 aromatic rings. The van der Waals surface area contributed by atoms with Crippen LogP contribution in [0.2, 0.25) is 0 Å². The number of nitrogens with one attached hydrogen (secondary N) is 1. The molecule has 0 aliphatic rings. The van der Waals surface area contributed by atoms with E-state index in [-0.39, 0.29) is 0 Å². The minimum absolute atomic E-state index is 0.812. The van der Waals surface area contributed by atoms with Gasteiger partial charge in [0.25, 0.3) is 0 Å². The standard InChI is InChI=1S/C13H31P.C2HN3/c1-5-8-11-14(4,12-9-6-2)13-10-7-3;3-1-5-2-4/h14H,5-13H2,1-4H3;5H. The second-order valence-electron chi connectivity index (χ2n) is 5.47. The van der Waals surface area contributed by atoms with Crippen molar-refractivity contribution in [3.63, 3.8) is 0 Å². The largest absolute Gasteiger partial charge is 0.229 e. The zero-order chi connectivity index (χ0) is 15.0. The van der Waals surface area contributed by atoms with Crippen LogP contribution in [0.1, 0.15) is 59.3 Å². The molecule has 0 amide bonds. The van der Waals surface area contributed by atoms with Gasteiger partial charge in [-0.1, -0.05) is 0 Å². The van der Waals surface area contributed by atoms with E-state index in [2.05, 4.69) is 27.4 Å². The van der Waals surface area contributed by atoms with Gasteiger partial charge in [0.15, 0.2) is 12.4 Å². The molecule has 0 heterocycles. The van der Waals surface area contributed by atoms with E-state index in [4.69, 9.17) is 10.5 Å². The maximum atomic E-state index is 7.48. The molecule has 0 saturated heterocycles. The van der Waals surface area contributed by atoms with E-state index in [1.54, 1.807) is 23.8 Å². The molecule has 112 valence electrons. The maximum Gasteiger partial charge on any atom is 0.190 e. The van der Waals surface area contributed by atoms with E-state index in [9.17, 15) is 0 Å². The van der Waals surface area contributed by atoms with Crippen molar-refractivity contribution in [1.82, 2.24) is 5.32 Å². The van der Waals surface area contributed by atoms with Crippen LogP contribution in [0.25, 0.3) is 0 Å². The molecule has 19 heavy (non-hydrogen) atoms. The fraction of sp³-hybridized carbons (Fsp3) is 0.867. The number of rotatable bonds is 9. The molecule has 0 aliphatic carbocycles. The fourth-order valence-corrected chi connectivity index (χ4v) is 6.58. The van der Waals surface area contributed by atoms with Crippen LogP contribution >= 0.6 is 7.26 Å². The summed E-state index contributed by atoms with van der Waals surface area (Å²) in [5.74, 6) is 0. The van der Waals surface area contributed by atoms with Crippen molar-refractivity contribution in [2.75, 3.05) is 25.2 Å². The quantitative estimate of drug-likeness (QED) is 0.390. The molecule has 0 spiro atoms. The van der Waals surface area contributed by atoms with E-state index in [0.717, 1.165) is 0 Å². The molecular weight excluding hydrogens is 253 g/mol. The zero-order valence-corrected chi connectivity index (χ0v) is 14.3. The molecule has 0 aliphatic heterocycles. The van der Waals surface area contributed by atoms with Crippen molar-refractivity contribution >= 4 is 7.26 Å². The molecular formula is C15H32N3P. The Hall–Kier alpha value is -0.790. The van der Waals surface area contributed by atoms with Gasteiger partial charge >= 0.3 is 91.7 Å². The topological polar surface area (TPSA) is 59.6 Å². The molecule has 0 aromatic heterocycles. The van der Waals surface area contributed by atoms with Crippen LogP contribution in [0, 0.1) is 22.9 Å². The first kappa shape index (κ1) is 20.5. The Morgan fingerprint density at radius 3 is 1.26 bits per heavy atom. The summed E-state index contributed by atoms with van der Waals surface area (Å²) in [5.41, 5.74) is 0. The van der Waals surface area contributed by atoms with Gasteiger partial charge in [-0.15, -0.1) is 0 Å². The molecule has 0 fully saturated rings. The first-order valence-electron chi connectivity index (χ1n) is 7.63. The van der Waals surface area contributed by atoms with Gasteiger partial charge in [0.2, 0.25) is 0 Å². The first-order chi connectivity index (χ1) is 9.10. The van der Waals surface area contributed by atoms with Gasteiger partial charge in [0, 0.05) is 0 Å². The summed E-state index contributed by atoms with van der Waals surface area (Å²) >= 11 is 0. The zero-order valence-electron chi connectivity index (χ0n) is 13.3. The van der Waals surface area contributed by atoms with Crippen molar-refractivity contribution in [2.24, 2.45) is 0 Å². The Bertz CT molecular complexity index is 232. The van der Waals surface area contributed by atoms with Crippen molar-refractivity contribution < 1.29 is 0 Å². The average molecular weight is 285 g/mol. The summed E-state index contributed by atoms with van der Waals surface area (Å²) in [6.07, 6.45) is 16.2. The van der Waals surface area contributed by atoms with Gasteiger partial charge in [0.05, 0.1) is 0 Å². The van der Waals surface area contributed by atoms with Crippen LogP contribution in [-0.2, 0) is 0 Å². The third-order valence-corrected chi connectivity index (χ3v) is 8.20. The Kier molecular flexibility index (Phi) is 16.5. The van der Waals surface area contributed by atoms with Gasteiger partial charge in [-0.25, -0.2) is 5.32 Å². The molecule has 0 aromatic carbocycles. The van der Waals surface area contributed by atoms with Crippen LogP contribution in [0.5, 0.6) is 0 Å². The molecule has 0 radical (unpaired) electrons. The SMILES string of the molecule is CCCC[PH](C)(CCCC)CCCC.N#CNC#N. The maximum absolute atomic E-state index is 7.48. The average Bonchev–Trinajstić information content (AvgIpc) is 2.42. The third-order valence-electron chi connectivity index (χ3n) is 3.51. The second-order valence-corrected chi connectivity index (χ2v) is 10.6. The minimum atomic E-state index is -0.812. The third kappa shape index (κ3) is 15.2. The molecule has 4 heteroatoms. The molecule has 1 N–H and O–H groups in total.